The molecule has 0 bridgehead atoms. The highest BCUT2D eigenvalue weighted by molar-refractivity contribution is 7.90. The number of anilines is 2. The van der Waals surface area contributed by atoms with E-state index in [-0.39, 0.29) is 22.6 Å². The van der Waals surface area contributed by atoms with E-state index in [0.29, 0.717) is 59.5 Å². The first kappa shape index (κ1) is 25.5. The van der Waals surface area contributed by atoms with Gasteiger partial charge in [-0.1, -0.05) is 18.2 Å². The molecule has 2 aliphatic rings. The molecular formula is C27H30N6O5S. The second-order valence-corrected chi connectivity index (χ2v) is 12.1. The van der Waals surface area contributed by atoms with Crippen LogP contribution in [0.3, 0.4) is 0 Å². The molecule has 0 spiro atoms. The van der Waals surface area contributed by atoms with Crippen LogP contribution in [0, 0.1) is 0 Å². The standard InChI is InChI=1S/C27H30N6O5S/c1-16-13-37-14-17-15-38-22-23(27(2,3)34)30-24(31-26(22)33(16)17)21-19-10-11-32(25(19)29-12-20(21)28-4)39(35,36)18-8-6-5-7-9-18/h5-12,16-17,28,34H,13-15H2,1-4H3/t16-,17+/m1/s1. The average Bonchev–Trinajstić information content (AvgIpc) is 3.37. The molecule has 0 aliphatic carbocycles. The number of nitrogens with zero attached hydrogens (tertiary/aromatic N) is 5. The molecule has 5 heterocycles. The van der Waals surface area contributed by atoms with E-state index in [1.807, 2.05) is 0 Å². The monoisotopic (exact) mass is 550 g/mol. The Bertz CT molecular complexity index is 1670. The molecule has 1 saturated heterocycles. The van der Waals surface area contributed by atoms with Crippen molar-refractivity contribution in [3.8, 4) is 17.1 Å². The number of rotatable bonds is 5. The van der Waals surface area contributed by atoms with E-state index >= 15 is 0 Å². The summed E-state index contributed by atoms with van der Waals surface area (Å²) in [6.07, 6.45) is 3.05. The van der Waals surface area contributed by atoms with Gasteiger partial charge in [0.15, 0.2) is 23.0 Å². The third-order valence-electron chi connectivity index (χ3n) is 7.10. The third kappa shape index (κ3) is 4.10. The Labute approximate surface area is 226 Å². The van der Waals surface area contributed by atoms with Crippen LogP contribution < -0.4 is 15.0 Å². The van der Waals surface area contributed by atoms with Crippen LogP contribution in [0.1, 0.15) is 26.5 Å². The maximum atomic E-state index is 13.5. The smallest absolute Gasteiger partial charge is 0.269 e. The summed E-state index contributed by atoms with van der Waals surface area (Å²) >= 11 is 0. The van der Waals surface area contributed by atoms with Gasteiger partial charge in [0, 0.05) is 18.6 Å². The molecule has 6 rings (SSSR count). The van der Waals surface area contributed by atoms with Gasteiger partial charge >= 0.3 is 0 Å². The summed E-state index contributed by atoms with van der Waals surface area (Å²) < 4.78 is 40.0. The van der Waals surface area contributed by atoms with Crippen LogP contribution in [0.15, 0.2) is 53.7 Å². The van der Waals surface area contributed by atoms with Crippen LogP contribution in [0.4, 0.5) is 11.5 Å². The Morgan fingerprint density at radius 2 is 1.87 bits per heavy atom. The molecule has 3 aromatic heterocycles. The van der Waals surface area contributed by atoms with Gasteiger partial charge < -0.3 is 24.8 Å². The molecule has 1 aromatic carbocycles. The minimum atomic E-state index is -3.90. The molecule has 2 atom stereocenters. The highest BCUT2D eigenvalue weighted by atomic mass is 32.2. The highest BCUT2D eigenvalue weighted by Gasteiger charge is 2.40. The normalized spacial score (nSPS) is 19.4. The maximum Gasteiger partial charge on any atom is 0.269 e. The number of benzene rings is 1. The van der Waals surface area contributed by atoms with Gasteiger partial charge in [-0.3, -0.25) is 0 Å². The molecule has 0 radical (unpaired) electrons. The van der Waals surface area contributed by atoms with Gasteiger partial charge in [-0.25, -0.2) is 27.3 Å². The summed E-state index contributed by atoms with van der Waals surface area (Å²) in [6.45, 7) is 6.80. The number of hydrogen-bond donors (Lipinski definition) is 2. The van der Waals surface area contributed by atoms with Crippen molar-refractivity contribution in [1.82, 2.24) is 18.9 Å². The number of fused-ring (bicyclic) bond motifs is 4. The predicted octanol–water partition coefficient (Wildman–Crippen LogP) is 2.99. The first-order valence-electron chi connectivity index (χ1n) is 12.7. The second-order valence-electron chi connectivity index (χ2n) is 10.3. The molecule has 0 saturated carbocycles. The van der Waals surface area contributed by atoms with E-state index in [2.05, 4.69) is 22.1 Å². The zero-order valence-corrected chi connectivity index (χ0v) is 22.9. The van der Waals surface area contributed by atoms with E-state index in [1.165, 1.54) is 10.2 Å². The van der Waals surface area contributed by atoms with Gasteiger partial charge in [-0.2, -0.15) is 0 Å². The quantitative estimate of drug-likeness (QED) is 0.382. The van der Waals surface area contributed by atoms with Crippen molar-refractivity contribution in [3.63, 3.8) is 0 Å². The summed E-state index contributed by atoms with van der Waals surface area (Å²) in [5, 5.41) is 14.8. The van der Waals surface area contributed by atoms with Crippen LogP contribution in [-0.4, -0.2) is 71.4 Å². The summed E-state index contributed by atoms with van der Waals surface area (Å²) in [5.74, 6) is 1.34. The van der Waals surface area contributed by atoms with Gasteiger partial charge in [0.2, 0.25) is 0 Å². The molecule has 2 N–H and O–H groups in total. The number of ether oxygens (including phenoxy) is 2. The SMILES string of the molecule is CNc1cnc2c(ccn2S(=O)(=O)c2ccccc2)c1-c1nc2c(c(C(C)(C)O)n1)OC[C@@H]1COC[C@@H](C)N21. The van der Waals surface area contributed by atoms with Crippen LogP contribution in [0.2, 0.25) is 0 Å². The highest BCUT2D eigenvalue weighted by Crippen LogP contribution is 2.44. The van der Waals surface area contributed by atoms with Crippen LogP contribution >= 0.6 is 0 Å². The molecule has 2 aliphatic heterocycles. The molecule has 0 unspecified atom stereocenters. The lowest BCUT2D eigenvalue weighted by Gasteiger charge is -2.45. The van der Waals surface area contributed by atoms with E-state index in [9.17, 15) is 13.5 Å². The van der Waals surface area contributed by atoms with Crippen molar-refractivity contribution in [2.24, 2.45) is 0 Å². The zero-order valence-electron chi connectivity index (χ0n) is 22.1. The molecule has 204 valence electrons. The van der Waals surface area contributed by atoms with Gasteiger partial charge in [-0.15, -0.1) is 0 Å². The first-order chi connectivity index (χ1) is 18.6. The summed E-state index contributed by atoms with van der Waals surface area (Å²) in [6, 6.07) is 9.91. The molecular weight excluding hydrogens is 520 g/mol. The van der Waals surface area contributed by atoms with Crippen LogP contribution in [0.5, 0.6) is 5.75 Å². The van der Waals surface area contributed by atoms with Gasteiger partial charge in [-0.05, 0) is 39.0 Å². The molecule has 0 amide bonds. The van der Waals surface area contributed by atoms with Crippen LogP contribution in [0.25, 0.3) is 22.4 Å². The van der Waals surface area contributed by atoms with E-state index in [0.717, 1.165) is 0 Å². The second kappa shape index (κ2) is 9.18. The number of morpholine rings is 1. The summed E-state index contributed by atoms with van der Waals surface area (Å²) in [7, 11) is -2.15. The Morgan fingerprint density at radius 3 is 2.59 bits per heavy atom. The lowest BCUT2D eigenvalue weighted by atomic mass is 10.0. The number of hydrogen-bond acceptors (Lipinski definition) is 10. The first-order valence-corrected chi connectivity index (χ1v) is 14.2. The minimum absolute atomic E-state index is 0.0298. The number of pyridine rings is 1. The largest absolute Gasteiger partial charge is 0.485 e. The molecule has 1 fully saturated rings. The lowest BCUT2D eigenvalue weighted by Crippen LogP contribution is -2.56. The van der Waals surface area contributed by atoms with Crippen molar-refractivity contribution in [1.29, 1.82) is 0 Å². The van der Waals surface area contributed by atoms with Gasteiger partial charge in [0.05, 0.1) is 47.6 Å². The van der Waals surface area contributed by atoms with Crippen molar-refractivity contribution in [3.05, 3.63) is 54.5 Å². The fraction of sp³-hybridized carbons (Fsp3) is 0.370. The minimum Gasteiger partial charge on any atom is -0.485 e. The van der Waals surface area contributed by atoms with Crippen molar-refractivity contribution in [2.75, 3.05) is 37.1 Å². The fourth-order valence-corrected chi connectivity index (χ4v) is 6.57. The predicted molar refractivity (Wildman–Crippen MR) is 147 cm³/mol. The van der Waals surface area contributed by atoms with Crippen LogP contribution in [-0.2, 0) is 20.4 Å². The van der Waals surface area contributed by atoms with Crippen molar-refractivity contribution in [2.45, 2.75) is 43.4 Å². The summed E-state index contributed by atoms with van der Waals surface area (Å²) in [5.41, 5.74) is 0.442. The Balaban J connectivity index is 1.61. The van der Waals surface area contributed by atoms with E-state index < -0.39 is 15.6 Å². The van der Waals surface area contributed by atoms with Gasteiger partial charge in [0.25, 0.3) is 10.0 Å². The van der Waals surface area contributed by atoms with Crippen molar-refractivity contribution >= 4 is 32.6 Å². The van der Waals surface area contributed by atoms with E-state index in [4.69, 9.17) is 19.4 Å². The fourth-order valence-electron chi connectivity index (χ4n) is 5.25. The topological polar surface area (TPSA) is 132 Å². The number of nitrogens with one attached hydrogen (secondary N) is 1. The summed E-state index contributed by atoms with van der Waals surface area (Å²) in [4.78, 5) is 16.6. The number of aliphatic hydroxyl groups is 1. The average molecular weight is 551 g/mol. The number of aromatic nitrogens is 4. The molecule has 12 heteroatoms. The lowest BCUT2D eigenvalue weighted by molar-refractivity contribution is 0.0425. The van der Waals surface area contributed by atoms with Crippen molar-refractivity contribution < 1.29 is 23.0 Å². The molecule has 39 heavy (non-hydrogen) atoms. The Kier molecular flexibility index (Phi) is 6.01. The maximum absolute atomic E-state index is 13.5. The zero-order chi connectivity index (χ0) is 27.5. The molecule has 11 nitrogen and oxygen atoms in total. The molecule has 4 aromatic rings. The Morgan fingerprint density at radius 1 is 1.10 bits per heavy atom. The Hall–Kier alpha value is -3.74. The van der Waals surface area contributed by atoms with E-state index in [1.54, 1.807) is 63.5 Å². The van der Waals surface area contributed by atoms with Gasteiger partial charge in [0.1, 0.15) is 17.9 Å². The third-order valence-corrected chi connectivity index (χ3v) is 8.78.